The fraction of sp³-hybridized carbons (Fsp3) is 0.600. The van der Waals surface area contributed by atoms with E-state index in [-0.39, 0.29) is 6.10 Å². The van der Waals surface area contributed by atoms with E-state index in [1.165, 1.54) is 19.3 Å². The molecule has 0 aliphatic carbocycles. The van der Waals surface area contributed by atoms with Crippen molar-refractivity contribution in [2.24, 2.45) is 10.7 Å². The number of guanidine groups is 1. The zero-order valence-corrected chi connectivity index (χ0v) is 12.4. The topological polar surface area (TPSA) is 63.7 Å². The Morgan fingerprint density at radius 2 is 2.10 bits per heavy atom. The van der Waals surface area contributed by atoms with Crippen molar-refractivity contribution in [2.75, 3.05) is 13.1 Å². The first-order valence-corrected chi connectivity index (χ1v) is 7.31. The molecule has 1 saturated heterocycles. The summed E-state index contributed by atoms with van der Waals surface area (Å²) in [6.45, 7) is 6.58. The van der Waals surface area contributed by atoms with Crippen LogP contribution < -0.4 is 10.5 Å². The number of pyridine rings is 1. The van der Waals surface area contributed by atoms with Crippen LogP contribution in [0, 0.1) is 0 Å². The van der Waals surface area contributed by atoms with Crippen molar-refractivity contribution in [3.05, 3.63) is 23.9 Å². The monoisotopic (exact) mass is 276 g/mol. The first-order valence-electron chi connectivity index (χ1n) is 7.31. The van der Waals surface area contributed by atoms with Gasteiger partial charge in [-0.2, -0.15) is 0 Å². The number of likely N-dealkylation sites (tertiary alicyclic amines) is 1. The van der Waals surface area contributed by atoms with Crippen LogP contribution in [0.5, 0.6) is 5.88 Å². The lowest BCUT2D eigenvalue weighted by Crippen LogP contribution is -2.40. The van der Waals surface area contributed by atoms with Crippen LogP contribution in [0.3, 0.4) is 0 Å². The third kappa shape index (κ3) is 4.40. The highest BCUT2D eigenvalue weighted by Crippen LogP contribution is 2.11. The van der Waals surface area contributed by atoms with Gasteiger partial charge in [0.15, 0.2) is 5.96 Å². The molecule has 110 valence electrons. The summed E-state index contributed by atoms with van der Waals surface area (Å²) in [6.07, 6.45) is 5.65. The molecule has 2 heterocycles. The van der Waals surface area contributed by atoms with E-state index >= 15 is 0 Å². The molecule has 0 unspecified atom stereocenters. The number of rotatable bonds is 4. The van der Waals surface area contributed by atoms with Gasteiger partial charge in [-0.3, -0.25) is 0 Å². The Balaban J connectivity index is 1.89. The number of nitrogens with zero attached hydrogens (tertiary/aromatic N) is 3. The van der Waals surface area contributed by atoms with Gasteiger partial charge in [0, 0.05) is 25.4 Å². The van der Waals surface area contributed by atoms with Crippen LogP contribution in [-0.2, 0) is 6.54 Å². The average molecular weight is 276 g/mol. The summed E-state index contributed by atoms with van der Waals surface area (Å²) < 4.78 is 5.51. The fourth-order valence-corrected chi connectivity index (χ4v) is 2.21. The minimum absolute atomic E-state index is 0.140. The Morgan fingerprint density at radius 3 is 2.70 bits per heavy atom. The highest BCUT2D eigenvalue weighted by Gasteiger charge is 2.11. The molecule has 2 N–H and O–H groups in total. The molecule has 2 rings (SSSR count). The molecule has 0 aromatic carbocycles. The van der Waals surface area contributed by atoms with Crippen LogP contribution >= 0.6 is 0 Å². The third-order valence-electron chi connectivity index (χ3n) is 3.26. The number of aliphatic imine (C=N–C) groups is 1. The fourth-order valence-electron chi connectivity index (χ4n) is 2.21. The normalized spacial score (nSPS) is 16.6. The summed E-state index contributed by atoms with van der Waals surface area (Å²) in [7, 11) is 0. The molecular formula is C15H24N4O. The molecule has 1 aromatic heterocycles. The highest BCUT2D eigenvalue weighted by molar-refractivity contribution is 5.78. The van der Waals surface area contributed by atoms with E-state index in [1.54, 1.807) is 6.20 Å². The lowest BCUT2D eigenvalue weighted by atomic mass is 10.1. The maximum absolute atomic E-state index is 6.02. The predicted molar refractivity (Wildman–Crippen MR) is 80.8 cm³/mol. The summed E-state index contributed by atoms with van der Waals surface area (Å²) in [4.78, 5) is 10.9. The van der Waals surface area contributed by atoms with Crippen LogP contribution in [0.1, 0.15) is 38.7 Å². The van der Waals surface area contributed by atoms with Crippen molar-refractivity contribution in [2.45, 2.75) is 45.8 Å². The molecule has 0 atom stereocenters. The second-order valence-electron chi connectivity index (χ2n) is 5.39. The Kier molecular flexibility index (Phi) is 5.21. The number of hydrogen-bond acceptors (Lipinski definition) is 3. The molecule has 1 aliphatic heterocycles. The first kappa shape index (κ1) is 14.6. The van der Waals surface area contributed by atoms with Crippen molar-refractivity contribution in [3.63, 3.8) is 0 Å². The molecule has 5 heteroatoms. The molecule has 0 bridgehead atoms. The van der Waals surface area contributed by atoms with Crippen molar-refractivity contribution in [1.29, 1.82) is 0 Å². The maximum atomic E-state index is 6.02. The Hall–Kier alpha value is -1.78. The molecule has 1 fully saturated rings. The highest BCUT2D eigenvalue weighted by atomic mass is 16.5. The van der Waals surface area contributed by atoms with Gasteiger partial charge in [-0.15, -0.1) is 0 Å². The standard InChI is InChI=1S/C15H24N4O/c1-12(2)20-14-7-6-13(10-17-14)11-18-15(16)19-8-4-3-5-9-19/h6-7,10,12H,3-5,8-9,11H2,1-2H3,(H2,16,18). The first-order chi connectivity index (χ1) is 9.65. The smallest absolute Gasteiger partial charge is 0.213 e. The van der Waals surface area contributed by atoms with Gasteiger partial charge in [-0.05, 0) is 38.7 Å². The maximum Gasteiger partial charge on any atom is 0.213 e. The van der Waals surface area contributed by atoms with E-state index in [4.69, 9.17) is 10.5 Å². The molecule has 5 nitrogen and oxygen atoms in total. The van der Waals surface area contributed by atoms with Crippen LogP contribution in [0.4, 0.5) is 0 Å². The second kappa shape index (κ2) is 7.12. The van der Waals surface area contributed by atoms with Gasteiger partial charge in [0.1, 0.15) is 0 Å². The molecule has 1 aromatic rings. The van der Waals surface area contributed by atoms with Crippen LogP contribution in [0.25, 0.3) is 0 Å². The predicted octanol–water partition coefficient (Wildman–Crippen LogP) is 2.17. The lowest BCUT2D eigenvalue weighted by molar-refractivity contribution is 0.232. The van der Waals surface area contributed by atoms with Crippen molar-refractivity contribution in [1.82, 2.24) is 9.88 Å². The zero-order chi connectivity index (χ0) is 14.4. The van der Waals surface area contributed by atoms with Gasteiger partial charge >= 0.3 is 0 Å². The van der Waals surface area contributed by atoms with E-state index in [9.17, 15) is 0 Å². The minimum Gasteiger partial charge on any atom is -0.475 e. The molecule has 0 spiro atoms. The lowest BCUT2D eigenvalue weighted by Gasteiger charge is -2.27. The van der Waals surface area contributed by atoms with Gasteiger partial charge in [0.05, 0.1) is 12.6 Å². The summed E-state index contributed by atoms with van der Waals surface area (Å²) in [5.74, 6) is 1.30. The average Bonchev–Trinajstić information content (AvgIpc) is 2.46. The molecule has 0 radical (unpaired) electrons. The number of piperidine rings is 1. The summed E-state index contributed by atoms with van der Waals surface area (Å²) >= 11 is 0. The van der Waals surface area contributed by atoms with E-state index < -0.39 is 0 Å². The van der Waals surface area contributed by atoms with Crippen LogP contribution in [-0.4, -0.2) is 35.0 Å². The van der Waals surface area contributed by atoms with E-state index in [0.29, 0.717) is 18.4 Å². The van der Waals surface area contributed by atoms with Crippen LogP contribution in [0.15, 0.2) is 23.3 Å². The SMILES string of the molecule is CC(C)Oc1ccc(CN=C(N)N2CCCCC2)cn1. The Labute approximate surface area is 120 Å². The minimum atomic E-state index is 0.140. The Bertz CT molecular complexity index is 436. The van der Waals surface area contributed by atoms with E-state index in [1.807, 2.05) is 26.0 Å². The summed E-state index contributed by atoms with van der Waals surface area (Å²) in [5, 5.41) is 0. The Morgan fingerprint density at radius 1 is 1.35 bits per heavy atom. The van der Waals surface area contributed by atoms with Crippen LogP contribution in [0.2, 0.25) is 0 Å². The van der Waals surface area contributed by atoms with Gasteiger partial charge in [-0.1, -0.05) is 6.07 Å². The second-order valence-corrected chi connectivity index (χ2v) is 5.39. The van der Waals surface area contributed by atoms with Crippen molar-refractivity contribution >= 4 is 5.96 Å². The number of ether oxygens (including phenoxy) is 1. The molecule has 0 amide bonds. The molecule has 1 aliphatic rings. The van der Waals surface area contributed by atoms with E-state index in [2.05, 4.69) is 14.9 Å². The summed E-state index contributed by atoms with van der Waals surface area (Å²) in [5.41, 5.74) is 7.07. The molecule has 0 saturated carbocycles. The number of hydrogen-bond donors (Lipinski definition) is 1. The third-order valence-corrected chi connectivity index (χ3v) is 3.26. The van der Waals surface area contributed by atoms with Gasteiger partial charge in [0.2, 0.25) is 5.88 Å². The van der Waals surface area contributed by atoms with E-state index in [0.717, 1.165) is 18.7 Å². The largest absolute Gasteiger partial charge is 0.475 e. The van der Waals surface area contributed by atoms with Crippen molar-refractivity contribution < 1.29 is 4.74 Å². The summed E-state index contributed by atoms with van der Waals surface area (Å²) in [6, 6.07) is 3.86. The molecule has 20 heavy (non-hydrogen) atoms. The molecular weight excluding hydrogens is 252 g/mol. The number of nitrogens with two attached hydrogens (primary N) is 1. The van der Waals surface area contributed by atoms with Gasteiger partial charge in [-0.25, -0.2) is 9.98 Å². The van der Waals surface area contributed by atoms with Gasteiger partial charge < -0.3 is 15.4 Å². The van der Waals surface area contributed by atoms with Crippen molar-refractivity contribution in [3.8, 4) is 5.88 Å². The quantitative estimate of drug-likeness (QED) is 0.676. The zero-order valence-electron chi connectivity index (χ0n) is 12.4. The number of aromatic nitrogens is 1. The van der Waals surface area contributed by atoms with Gasteiger partial charge in [0.25, 0.3) is 0 Å².